The molecule has 0 aliphatic heterocycles. The van der Waals surface area contributed by atoms with Gasteiger partial charge < -0.3 is 9.47 Å². The molecule has 0 radical (unpaired) electrons. The quantitative estimate of drug-likeness (QED) is 0.198. The SMILES string of the molecule is CCCCCCCC[C@H](F)CCCOc1cnc(-c2ccc(OCCCCCC)cc2)nc1. The van der Waals surface area contributed by atoms with Crippen LogP contribution in [0.2, 0.25) is 0 Å². The van der Waals surface area contributed by atoms with Crippen LogP contribution in [0.1, 0.15) is 97.3 Å². The summed E-state index contributed by atoms with van der Waals surface area (Å²) < 4.78 is 25.5. The summed E-state index contributed by atoms with van der Waals surface area (Å²) in [7, 11) is 0. The zero-order valence-corrected chi connectivity index (χ0v) is 20.7. The molecule has 0 saturated carbocycles. The molecule has 0 amide bonds. The predicted molar refractivity (Wildman–Crippen MR) is 135 cm³/mol. The van der Waals surface area contributed by atoms with Crippen molar-refractivity contribution in [3.05, 3.63) is 36.7 Å². The molecule has 1 heterocycles. The van der Waals surface area contributed by atoms with E-state index in [1.807, 2.05) is 24.3 Å². The Hall–Kier alpha value is -2.17. The van der Waals surface area contributed by atoms with Gasteiger partial charge in [0.05, 0.1) is 25.6 Å². The molecule has 184 valence electrons. The second-order valence-corrected chi connectivity index (χ2v) is 8.82. The molecule has 5 heteroatoms. The maximum atomic E-state index is 14.0. The van der Waals surface area contributed by atoms with Crippen LogP contribution in [-0.4, -0.2) is 29.4 Å². The van der Waals surface area contributed by atoms with Gasteiger partial charge in [0, 0.05) is 5.56 Å². The van der Waals surface area contributed by atoms with Crippen molar-refractivity contribution in [3.8, 4) is 22.9 Å². The van der Waals surface area contributed by atoms with E-state index < -0.39 is 6.17 Å². The van der Waals surface area contributed by atoms with Crippen molar-refractivity contribution >= 4 is 0 Å². The van der Waals surface area contributed by atoms with Gasteiger partial charge in [0.1, 0.15) is 11.9 Å². The van der Waals surface area contributed by atoms with Crippen molar-refractivity contribution in [2.75, 3.05) is 13.2 Å². The molecule has 0 saturated heterocycles. The van der Waals surface area contributed by atoms with E-state index in [0.29, 0.717) is 37.4 Å². The molecule has 1 aromatic heterocycles. The summed E-state index contributed by atoms with van der Waals surface area (Å²) in [5.74, 6) is 2.15. The summed E-state index contributed by atoms with van der Waals surface area (Å²) in [6.45, 7) is 5.67. The Morgan fingerprint density at radius 2 is 1.21 bits per heavy atom. The molecule has 4 nitrogen and oxygen atoms in total. The summed E-state index contributed by atoms with van der Waals surface area (Å²) in [5.41, 5.74) is 0.940. The van der Waals surface area contributed by atoms with Crippen LogP contribution < -0.4 is 9.47 Å². The van der Waals surface area contributed by atoms with Crippen LogP contribution in [0, 0.1) is 0 Å². The van der Waals surface area contributed by atoms with Crippen molar-refractivity contribution in [2.45, 2.75) is 103 Å². The lowest BCUT2D eigenvalue weighted by molar-refractivity contribution is 0.244. The van der Waals surface area contributed by atoms with E-state index in [1.54, 1.807) is 12.4 Å². The Morgan fingerprint density at radius 3 is 1.91 bits per heavy atom. The number of aromatic nitrogens is 2. The van der Waals surface area contributed by atoms with Crippen LogP contribution in [0.3, 0.4) is 0 Å². The number of halogens is 1. The van der Waals surface area contributed by atoms with E-state index in [0.717, 1.165) is 37.2 Å². The van der Waals surface area contributed by atoms with E-state index in [9.17, 15) is 4.39 Å². The maximum Gasteiger partial charge on any atom is 0.159 e. The normalized spacial score (nSPS) is 12.0. The van der Waals surface area contributed by atoms with Gasteiger partial charge in [-0.05, 0) is 49.9 Å². The lowest BCUT2D eigenvalue weighted by Crippen LogP contribution is -2.05. The van der Waals surface area contributed by atoms with E-state index in [2.05, 4.69) is 23.8 Å². The fourth-order valence-electron chi connectivity index (χ4n) is 3.74. The van der Waals surface area contributed by atoms with Crippen molar-refractivity contribution in [3.63, 3.8) is 0 Å². The lowest BCUT2D eigenvalue weighted by atomic mass is 10.1. The van der Waals surface area contributed by atoms with Crippen LogP contribution in [0.25, 0.3) is 11.4 Å². The Bertz CT molecular complexity index is 722. The minimum Gasteiger partial charge on any atom is -0.494 e. The van der Waals surface area contributed by atoms with Gasteiger partial charge in [-0.15, -0.1) is 0 Å². The molecule has 33 heavy (non-hydrogen) atoms. The molecule has 0 aliphatic carbocycles. The van der Waals surface area contributed by atoms with Crippen LogP contribution in [0.15, 0.2) is 36.7 Å². The molecule has 0 N–H and O–H groups in total. The zero-order valence-electron chi connectivity index (χ0n) is 20.7. The van der Waals surface area contributed by atoms with Crippen LogP contribution in [0.5, 0.6) is 11.5 Å². The first kappa shape index (κ1) is 27.1. The first-order valence-corrected chi connectivity index (χ1v) is 13.0. The van der Waals surface area contributed by atoms with Gasteiger partial charge >= 0.3 is 0 Å². The standard InChI is InChI=1S/C28H43FN2O2/c1-3-5-7-9-10-11-14-25(29)15-13-21-33-27-22-30-28(31-23-27)24-16-18-26(19-17-24)32-20-12-8-6-4-2/h16-19,22-23,25H,3-15,20-21H2,1-2H3/t25-/m0/s1. The van der Waals surface area contributed by atoms with Crippen molar-refractivity contribution < 1.29 is 13.9 Å². The summed E-state index contributed by atoms with van der Waals surface area (Å²) in [4.78, 5) is 8.82. The van der Waals surface area contributed by atoms with Crippen LogP contribution in [0.4, 0.5) is 4.39 Å². The Morgan fingerprint density at radius 1 is 0.667 bits per heavy atom. The number of hydrogen-bond donors (Lipinski definition) is 0. The smallest absolute Gasteiger partial charge is 0.159 e. The summed E-state index contributed by atoms with van der Waals surface area (Å²) in [5, 5.41) is 0. The number of rotatable bonds is 19. The molecular formula is C28H43FN2O2. The largest absolute Gasteiger partial charge is 0.494 e. The number of nitrogens with zero attached hydrogens (tertiary/aromatic N) is 2. The molecule has 1 atom stereocenters. The highest BCUT2D eigenvalue weighted by atomic mass is 19.1. The molecule has 0 aliphatic rings. The third-order valence-electron chi connectivity index (χ3n) is 5.81. The average Bonchev–Trinajstić information content (AvgIpc) is 2.85. The van der Waals surface area contributed by atoms with Crippen molar-refractivity contribution in [1.29, 1.82) is 0 Å². The molecule has 0 fully saturated rings. The Kier molecular flexibility index (Phi) is 14.2. The monoisotopic (exact) mass is 458 g/mol. The molecule has 1 aromatic carbocycles. The molecular weight excluding hydrogens is 415 g/mol. The highest BCUT2D eigenvalue weighted by Gasteiger charge is 2.07. The number of alkyl halides is 1. The number of ether oxygens (including phenoxy) is 2. The van der Waals surface area contributed by atoms with E-state index in [-0.39, 0.29) is 0 Å². The first-order valence-electron chi connectivity index (χ1n) is 13.0. The maximum absolute atomic E-state index is 14.0. The minimum atomic E-state index is -0.721. The average molecular weight is 459 g/mol. The van der Waals surface area contributed by atoms with Gasteiger partial charge in [-0.3, -0.25) is 0 Å². The second kappa shape index (κ2) is 17.3. The predicted octanol–water partition coefficient (Wildman–Crippen LogP) is 8.35. The van der Waals surface area contributed by atoms with Crippen molar-refractivity contribution in [2.24, 2.45) is 0 Å². The van der Waals surface area contributed by atoms with E-state index in [1.165, 1.54) is 44.9 Å². The highest BCUT2D eigenvalue weighted by molar-refractivity contribution is 5.56. The highest BCUT2D eigenvalue weighted by Crippen LogP contribution is 2.21. The first-order chi connectivity index (χ1) is 16.2. The van der Waals surface area contributed by atoms with Crippen molar-refractivity contribution in [1.82, 2.24) is 9.97 Å². The third kappa shape index (κ3) is 12.0. The molecule has 2 aromatic rings. The fourth-order valence-corrected chi connectivity index (χ4v) is 3.74. The van der Waals surface area contributed by atoms with Gasteiger partial charge in [-0.1, -0.05) is 71.6 Å². The molecule has 2 rings (SSSR count). The van der Waals surface area contributed by atoms with Gasteiger partial charge in [-0.2, -0.15) is 0 Å². The molecule has 0 spiro atoms. The molecule has 0 unspecified atom stereocenters. The van der Waals surface area contributed by atoms with E-state index in [4.69, 9.17) is 9.47 Å². The number of unbranched alkanes of at least 4 members (excludes halogenated alkanes) is 8. The third-order valence-corrected chi connectivity index (χ3v) is 5.81. The van der Waals surface area contributed by atoms with Gasteiger partial charge in [-0.25, -0.2) is 14.4 Å². The summed E-state index contributed by atoms with van der Waals surface area (Å²) >= 11 is 0. The van der Waals surface area contributed by atoms with Crippen LogP contribution >= 0.6 is 0 Å². The summed E-state index contributed by atoms with van der Waals surface area (Å²) in [6, 6.07) is 7.87. The van der Waals surface area contributed by atoms with Gasteiger partial charge in [0.2, 0.25) is 0 Å². The zero-order chi connectivity index (χ0) is 23.6. The Labute approximate surface area is 200 Å². The van der Waals surface area contributed by atoms with Gasteiger partial charge in [0.25, 0.3) is 0 Å². The minimum absolute atomic E-state index is 0.490. The topological polar surface area (TPSA) is 44.2 Å². The second-order valence-electron chi connectivity index (χ2n) is 8.82. The van der Waals surface area contributed by atoms with Gasteiger partial charge in [0.15, 0.2) is 11.6 Å². The summed E-state index contributed by atoms with van der Waals surface area (Å²) in [6.07, 6.45) is 16.6. The molecule has 0 bridgehead atoms. The lowest BCUT2D eigenvalue weighted by Gasteiger charge is -2.10. The number of hydrogen-bond acceptors (Lipinski definition) is 4. The van der Waals surface area contributed by atoms with Crippen LogP contribution in [-0.2, 0) is 0 Å². The fraction of sp³-hybridized carbons (Fsp3) is 0.643. The number of benzene rings is 1. The van der Waals surface area contributed by atoms with E-state index >= 15 is 0 Å². The Balaban J connectivity index is 1.61.